The maximum absolute atomic E-state index is 11.9. The predicted molar refractivity (Wildman–Crippen MR) is 101 cm³/mol. The van der Waals surface area contributed by atoms with Crippen molar-refractivity contribution in [3.05, 3.63) is 53.3 Å². The first-order chi connectivity index (χ1) is 12.2. The van der Waals surface area contributed by atoms with Crippen LogP contribution in [-0.4, -0.2) is 17.4 Å². The van der Waals surface area contributed by atoms with Crippen molar-refractivity contribution in [1.29, 1.82) is 0 Å². The maximum Gasteiger partial charge on any atom is 0.224 e. The molecule has 2 aromatic rings. The summed E-state index contributed by atoms with van der Waals surface area (Å²) >= 11 is 6.23. The summed E-state index contributed by atoms with van der Waals surface area (Å²) < 4.78 is 5.67. The molecule has 134 valence electrons. The van der Waals surface area contributed by atoms with Gasteiger partial charge < -0.3 is 15.8 Å². The van der Waals surface area contributed by atoms with E-state index in [0.29, 0.717) is 36.0 Å². The average molecular weight is 362 g/mol. The molecular weight excluding hydrogens is 338 g/mol. The van der Waals surface area contributed by atoms with Gasteiger partial charge in [-0.25, -0.2) is 0 Å². The Morgan fingerprint density at radius 1 is 1.16 bits per heavy atom. The maximum atomic E-state index is 11.9. The second-order valence-corrected chi connectivity index (χ2v) is 6.16. The minimum Gasteiger partial charge on any atom is -0.486 e. The first kappa shape index (κ1) is 19.2. The molecule has 0 unspecified atom stereocenters. The van der Waals surface area contributed by atoms with Gasteiger partial charge in [-0.2, -0.15) is 0 Å². The quantitative estimate of drug-likeness (QED) is 0.623. The van der Waals surface area contributed by atoms with Crippen LogP contribution in [0.4, 0.5) is 5.69 Å². The molecule has 0 spiro atoms. The van der Waals surface area contributed by atoms with Crippen LogP contribution in [0.2, 0.25) is 5.02 Å². The smallest absolute Gasteiger partial charge is 0.224 e. The molecule has 0 saturated carbocycles. The number of nitrogens with two attached hydrogens (primary N) is 1. The zero-order valence-corrected chi connectivity index (χ0v) is 15.0. The van der Waals surface area contributed by atoms with E-state index in [1.165, 1.54) is 0 Å². The number of carbonyl (C=O) groups excluding carboxylic acids is 1. The fourth-order valence-corrected chi connectivity index (χ4v) is 2.57. The second kappa shape index (κ2) is 10.7. The fourth-order valence-electron chi connectivity index (χ4n) is 2.34. The summed E-state index contributed by atoms with van der Waals surface area (Å²) in [5.74, 6) is 0.554. The number of nitrogens with one attached hydrogen (secondary N) is 1. The molecular formula is C19H24ClN3O2. The van der Waals surface area contributed by atoms with Gasteiger partial charge >= 0.3 is 0 Å². The van der Waals surface area contributed by atoms with Gasteiger partial charge in [-0.3, -0.25) is 9.78 Å². The number of ether oxygens (including phenoxy) is 1. The van der Waals surface area contributed by atoms with E-state index in [-0.39, 0.29) is 5.91 Å². The lowest BCUT2D eigenvalue weighted by Gasteiger charge is -2.10. The lowest BCUT2D eigenvalue weighted by molar-refractivity contribution is -0.116. The van der Waals surface area contributed by atoms with Crippen molar-refractivity contribution in [3.63, 3.8) is 0 Å². The van der Waals surface area contributed by atoms with Crippen molar-refractivity contribution in [2.24, 2.45) is 5.73 Å². The van der Waals surface area contributed by atoms with Gasteiger partial charge in [0.15, 0.2) is 0 Å². The number of benzene rings is 1. The molecule has 1 aromatic heterocycles. The number of rotatable bonds is 10. The molecule has 0 saturated heterocycles. The average Bonchev–Trinajstić information content (AvgIpc) is 2.62. The van der Waals surface area contributed by atoms with E-state index in [1.807, 2.05) is 18.2 Å². The van der Waals surface area contributed by atoms with E-state index >= 15 is 0 Å². The van der Waals surface area contributed by atoms with Crippen molar-refractivity contribution in [3.8, 4) is 5.75 Å². The minimum atomic E-state index is -0.00836. The lowest BCUT2D eigenvalue weighted by atomic mass is 10.1. The van der Waals surface area contributed by atoms with Crippen LogP contribution in [-0.2, 0) is 11.4 Å². The van der Waals surface area contributed by atoms with Crippen molar-refractivity contribution >= 4 is 23.2 Å². The fraction of sp³-hybridized carbons (Fsp3) is 0.368. The molecule has 0 radical (unpaired) electrons. The van der Waals surface area contributed by atoms with Crippen LogP contribution in [0.1, 0.15) is 37.8 Å². The number of carbonyl (C=O) groups is 1. The number of pyridine rings is 1. The molecule has 1 amide bonds. The highest BCUT2D eigenvalue weighted by molar-refractivity contribution is 6.32. The zero-order chi connectivity index (χ0) is 17.9. The molecule has 0 aliphatic rings. The van der Waals surface area contributed by atoms with E-state index in [9.17, 15) is 4.79 Å². The van der Waals surface area contributed by atoms with Gasteiger partial charge in [0.1, 0.15) is 12.4 Å². The Balaban J connectivity index is 1.79. The van der Waals surface area contributed by atoms with Gasteiger partial charge in [-0.05, 0) is 49.7 Å². The third-order valence-electron chi connectivity index (χ3n) is 3.68. The molecule has 0 fully saturated rings. The second-order valence-electron chi connectivity index (χ2n) is 5.76. The Morgan fingerprint density at radius 2 is 2.00 bits per heavy atom. The highest BCUT2D eigenvalue weighted by Crippen LogP contribution is 2.28. The van der Waals surface area contributed by atoms with Crippen molar-refractivity contribution in [1.82, 2.24) is 4.98 Å². The summed E-state index contributed by atoms with van der Waals surface area (Å²) in [6, 6.07) is 10.9. The van der Waals surface area contributed by atoms with Crippen LogP contribution in [0.5, 0.6) is 5.75 Å². The van der Waals surface area contributed by atoms with Crippen LogP contribution in [0.3, 0.4) is 0 Å². The highest BCUT2D eigenvalue weighted by atomic mass is 35.5. The van der Waals surface area contributed by atoms with Crippen LogP contribution in [0.25, 0.3) is 0 Å². The monoisotopic (exact) mass is 361 g/mol. The summed E-state index contributed by atoms with van der Waals surface area (Å²) in [7, 11) is 0. The molecule has 0 atom stereocenters. The summed E-state index contributed by atoms with van der Waals surface area (Å²) in [6.45, 7) is 1.05. The van der Waals surface area contributed by atoms with Crippen LogP contribution < -0.4 is 15.8 Å². The molecule has 5 nitrogen and oxygen atoms in total. The number of nitrogens with zero attached hydrogens (tertiary/aromatic N) is 1. The van der Waals surface area contributed by atoms with E-state index in [1.54, 1.807) is 24.4 Å². The Morgan fingerprint density at radius 3 is 2.72 bits per heavy atom. The third kappa shape index (κ3) is 7.11. The third-order valence-corrected chi connectivity index (χ3v) is 3.97. The summed E-state index contributed by atoms with van der Waals surface area (Å²) in [6.07, 6.45) is 6.18. The van der Waals surface area contributed by atoms with Crippen LogP contribution in [0, 0.1) is 0 Å². The molecule has 6 heteroatoms. The lowest BCUT2D eigenvalue weighted by Crippen LogP contribution is -2.11. The predicted octanol–water partition coefficient (Wildman–Crippen LogP) is 4.16. The molecule has 0 aliphatic carbocycles. The normalized spacial score (nSPS) is 10.5. The van der Waals surface area contributed by atoms with Gasteiger partial charge in [0, 0.05) is 18.3 Å². The van der Waals surface area contributed by atoms with Gasteiger partial charge in [0.2, 0.25) is 5.91 Å². The molecule has 1 aromatic carbocycles. The van der Waals surface area contributed by atoms with Gasteiger partial charge in [0.05, 0.1) is 10.7 Å². The number of hydrogen-bond donors (Lipinski definition) is 2. The highest BCUT2D eigenvalue weighted by Gasteiger charge is 2.07. The zero-order valence-electron chi connectivity index (χ0n) is 14.2. The molecule has 0 aliphatic heterocycles. The topological polar surface area (TPSA) is 77.2 Å². The largest absolute Gasteiger partial charge is 0.486 e. The van der Waals surface area contributed by atoms with E-state index < -0.39 is 0 Å². The molecule has 1 heterocycles. The molecule has 25 heavy (non-hydrogen) atoms. The van der Waals surface area contributed by atoms with Crippen LogP contribution in [0.15, 0.2) is 42.6 Å². The minimum absolute atomic E-state index is 0.00836. The molecule has 3 N–H and O–H groups in total. The van der Waals surface area contributed by atoms with E-state index in [2.05, 4.69) is 10.3 Å². The van der Waals surface area contributed by atoms with E-state index in [4.69, 9.17) is 22.1 Å². The number of amides is 1. The number of anilines is 1. The Bertz CT molecular complexity index is 665. The number of hydrogen-bond acceptors (Lipinski definition) is 4. The van der Waals surface area contributed by atoms with Gasteiger partial charge in [0.25, 0.3) is 0 Å². The summed E-state index contributed by atoms with van der Waals surface area (Å²) in [5.41, 5.74) is 6.94. The number of unbranched alkanes of at least 4 members (excludes halogenated alkanes) is 3. The Labute approximate surface area is 153 Å². The van der Waals surface area contributed by atoms with Crippen LogP contribution >= 0.6 is 11.6 Å². The van der Waals surface area contributed by atoms with Crippen molar-refractivity contribution in [2.45, 2.75) is 38.7 Å². The van der Waals surface area contributed by atoms with Gasteiger partial charge in [-0.15, -0.1) is 0 Å². The molecule has 2 rings (SSSR count). The molecule has 0 bridgehead atoms. The first-order valence-corrected chi connectivity index (χ1v) is 8.89. The standard InChI is InChI=1S/C19H24ClN3O2/c20-17-13-15(23-19(24)8-3-1-2-5-11-21)9-10-18(17)25-14-16-7-4-6-12-22-16/h4,6-7,9-10,12-13H,1-3,5,8,11,14,21H2,(H,23,24). The Kier molecular flexibility index (Phi) is 8.22. The SMILES string of the molecule is NCCCCCCC(=O)Nc1ccc(OCc2ccccn2)c(Cl)c1. The van der Waals surface area contributed by atoms with Gasteiger partial charge in [-0.1, -0.05) is 30.5 Å². The number of halogens is 1. The van der Waals surface area contributed by atoms with Crippen molar-refractivity contribution < 1.29 is 9.53 Å². The first-order valence-electron chi connectivity index (χ1n) is 8.51. The Hall–Kier alpha value is -2.11. The summed E-state index contributed by atoms with van der Waals surface area (Å²) in [5, 5.41) is 3.31. The summed E-state index contributed by atoms with van der Waals surface area (Å²) in [4.78, 5) is 16.1. The van der Waals surface area contributed by atoms with Crippen molar-refractivity contribution in [2.75, 3.05) is 11.9 Å². The van der Waals surface area contributed by atoms with E-state index in [0.717, 1.165) is 31.4 Å². The number of aromatic nitrogens is 1.